The van der Waals surface area contributed by atoms with E-state index in [1.54, 1.807) is 40.0 Å². The van der Waals surface area contributed by atoms with E-state index >= 15 is 0 Å². The van der Waals surface area contributed by atoms with Crippen LogP contribution in [0.5, 0.6) is 5.75 Å². The lowest BCUT2D eigenvalue weighted by Gasteiger charge is -2.19. The van der Waals surface area contributed by atoms with Gasteiger partial charge in [0.2, 0.25) is 0 Å². The summed E-state index contributed by atoms with van der Waals surface area (Å²) in [4.78, 5) is 28.4. The van der Waals surface area contributed by atoms with Gasteiger partial charge in [0.05, 0.1) is 12.2 Å². The lowest BCUT2D eigenvalue weighted by Crippen LogP contribution is -2.27. The highest BCUT2D eigenvalue weighted by atomic mass is 35.5. The fraction of sp³-hybridized carbons (Fsp3) is 0.259. The van der Waals surface area contributed by atoms with Gasteiger partial charge >= 0.3 is 6.09 Å². The van der Waals surface area contributed by atoms with Crippen molar-refractivity contribution in [3.63, 3.8) is 0 Å². The predicted octanol–water partition coefficient (Wildman–Crippen LogP) is 6.54. The molecule has 0 radical (unpaired) electrons. The molecule has 7 nitrogen and oxygen atoms in total. The fourth-order valence-electron chi connectivity index (χ4n) is 3.78. The number of fused-ring (bicyclic) bond motifs is 1. The zero-order valence-corrected chi connectivity index (χ0v) is 21.5. The number of carbonyl (C=O) groups excluding carboxylic acids is 1. The Morgan fingerprint density at radius 3 is 2.59 bits per heavy atom. The van der Waals surface area contributed by atoms with Crippen molar-refractivity contribution in [1.82, 2.24) is 9.55 Å². The average Bonchev–Trinajstić information content (AvgIpc) is 3.19. The number of amides is 1. The topological polar surface area (TPSA) is 85.4 Å². The Balaban J connectivity index is 1.55. The number of hydrogen-bond acceptors (Lipinski definition) is 4. The van der Waals surface area contributed by atoms with Crippen LogP contribution in [0.25, 0.3) is 10.9 Å². The first-order valence-electron chi connectivity index (χ1n) is 11.5. The molecule has 194 valence electrons. The number of aryl methyl sites for hydroxylation is 1. The maximum atomic E-state index is 13.9. The van der Waals surface area contributed by atoms with Crippen LogP contribution in [0.1, 0.15) is 37.6 Å². The Kier molecular flexibility index (Phi) is 7.27. The van der Waals surface area contributed by atoms with Crippen molar-refractivity contribution in [2.45, 2.75) is 46.4 Å². The number of rotatable bonds is 6. The van der Waals surface area contributed by atoms with Gasteiger partial charge in [0.25, 0.3) is 5.56 Å². The summed E-state index contributed by atoms with van der Waals surface area (Å²) in [6.07, 6.45) is 1.09. The standard InChI is InChI=1S/C27H26ClF2N3O4/c1-15-9-23(36-14-17-6-7-18(29)11-20(17)30)24(28)25(34)33(15)13-16-5-8-21-19(10-16)22(12-31-21)32-26(35)37-27(2,3)4/h5-12,31H,13-14H2,1-4H3,(H,32,35). The van der Waals surface area contributed by atoms with Crippen molar-refractivity contribution in [3.05, 3.63) is 92.5 Å². The van der Waals surface area contributed by atoms with E-state index in [2.05, 4.69) is 10.3 Å². The number of pyridine rings is 1. The van der Waals surface area contributed by atoms with Crippen molar-refractivity contribution in [2.24, 2.45) is 0 Å². The van der Waals surface area contributed by atoms with E-state index in [0.717, 1.165) is 28.6 Å². The van der Waals surface area contributed by atoms with Gasteiger partial charge < -0.3 is 19.0 Å². The molecule has 2 aromatic carbocycles. The van der Waals surface area contributed by atoms with Crippen molar-refractivity contribution >= 4 is 34.3 Å². The first-order chi connectivity index (χ1) is 17.4. The zero-order valence-electron chi connectivity index (χ0n) is 20.7. The Hall–Kier alpha value is -3.85. The Morgan fingerprint density at radius 2 is 1.89 bits per heavy atom. The lowest BCUT2D eigenvalue weighted by atomic mass is 10.1. The molecule has 2 N–H and O–H groups in total. The molecule has 0 aliphatic carbocycles. The number of ether oxygens (including phenoxy) is 2. The van der Waals surface area contributed by atoms with Crippen LogP contribution >= 0.6 is 11.6 Å². The number of aromatic amines is 1. The number of nitrogens with one attached hydrogen (secondary N) is 2. The van der Waals surface area contributed by atoms with Gasteiger partial charge in [-0.05, 0) is 57.5 Å². The van der Waals surface area contributed by atoms with Crippen LogP contribution in [0.2, 0.25) is 5.02 Å². The molecule has 0 aliphatic heterocycles. The Labute approximate surface area is 217 Å². The molecular formula is C27H26ClF2N3O4. The number of H-pyrrole nitrogens is 1. The molecule has 2 aromatic heterocycles. The van der Waals surface area contributed by atoms with Crippen LogP contribution in [0.3, 0.4) is 0 Å². The van der Waals surface area contributed by atoms with Crippen molar-refractivity contribution in [2.75, 3.05) is 5.32 Å². The molecule has 0 spiro atoms. The van der Waals surface area contributed by atoms with Gasteiger partial charge in [-0.15, -0.1) is 0 Å². The minimum absolute atomic E-state index is 0.106. The molecule has 0 saturated heterocycles. The summed E-state index contributed by atoms with van der Waals surface area (Å²) in [5.41, 5.74) is 1.74. The third kappa shape index (κ3) is 6.11. The molecule has 37 heavy (non-hydrogen) atoms. The normalized spacial score (nSPS) is 11.5. The van der Waals surface area contributed by atoms with Gasteiger partial charge in [0.1, 0.15) is 34.6 Å². The summed E-state index contributed by atoms with van der Waals surface area (Å²) in [7, 11) is 0. The SMILES string of the molecule is Cc1cc(OCc2ccc(F)cc2F)c(Cl)c(=O)n1Cc1ccc2[nH]cc(NC(=O)OC(C)(C)C)c2c1. The second-order valence-corrected chi connectivity index (χ2v) is 9.97. The van der Waals surface area contributed by atoms with Crippen LogP contribution < -0.4 is 15.6 Å². The summed E-state index contributed by atoms with van der Waals surface area (Å²) >= 11 is 6.30. The molecule has 0 saturated carbocycles. The van der Waals surface area contributed by atoms with Crippen LogP contribution in [0.15, 0.2) is 53.5 Å². The van der Waals surface area contributed by atoms with Gasteiger partial charge in [-0.1, -0.05) is 17.7 Å². The molecule has 0 bridgehead atoms. The Bertz CT molecular complexity index is 1540. The summed E-state index contributed by atoms with van der Waals surface area (Å²) in [5.74, 6) is -1.33. The van der Waals surface area contributed by atoms with Crippen molar-refractivity contribution < 1.29 is 23.0 Å². The summed E-state index contributed by atoms with van der Waals surface area (Å²) in [6.45, 7) is 7.07. The van der Waals surface area contributed by atoms with Gasteiger partial charge in [0.15, 0.2) is 0 Å². The number of carbonyl (C=O) groups is 1. The smallest absolute Gasteiger partial charge is 0.412 e. The molecule has 0 aliphatic rings. The number of nitrogens with zero attached hydrogens (tertiary/aromatic N) is 1. The molecule has 4 aromatic rings. The maximum absolute atomic E-state index is 13.9. The van der Waals surface area contributed by atoms with Crippen LogP contribution in [-0.2, 0) is 17.9 Å². The fourth-order valence-corrected chi connectivity index (χ4v) is 3.99. The van der Waals surface area contributed by atoms with Gasteiger partial charge in [-0.2, -0.15) is 0 Å². The first kappa shape index (κ1) is 26.2. The summed E-state index contributed by atoms with van der Waals surface area (Å²) < 4.78 is 39.5. The van der Waals surface area contributed by atoms with Gasteiger partial charge in [-0.25, -0.2) is 13.6 Å². The number of hydrogen-bond donors (Lipinski definition) is 2. The molecule has 2 heterocycles. The summed E-state index contributed by atoms with van der Waals surface area (Å²) in [5, 5.41) is 3.34. The molecule has 1 amide bonds. The monoisotopic (exact) mass is 529 g/mol. The van der Waals surface area contributed by atoms with E-state index in [9.17, 15) is 18.4 Å². The highest BCUT2D eigenvalue weighted by Gasteiger charge is 2.18. The van der Waals surface area contributed by atoms with Crippen LogP contribution in [-0.4, -0.2) is 21.2 Å². The molecule has 0 unspecified atom stereocenters. The Morgan fingerprint density at radius 1 is 1.14 bits per heavy atom. The zero-order chi connectivity index (χ0) is 26.9. The number of anilines is 1. The lowest BCUT2D eigenvalue weighted by molar-refractivity contribution is 0.0636. The van der Waals surface area contributed by atoms with Crippen molar-refractivity contribution in [1.29, 1.82) is 0 Å². The van der Waals surface area contributed by atoms with Crippen molar-refractivity contribution in [3.8, 4) is 5.75 Å². The molecule has 0 atom stereocenters. The molecular weight excluding hydrogens is 504 g/mol. The highest BCUT2D eigenvalue weighted by Crippen LogP contribution is 2.27. The largest absolute Gasteiger partial charge is 0.487 e. The van der Waals surface area contributed by atoms with E-state index in [-0.39, 0.29) is 29.5 Å². The average molecular weight is 530 g/mol. The van der Waals surface area contributed by atoms with E-state index in [4.69, 9.17) is 21.1 Å². The second-order valence-electron chi connectivity index (χ2n) is 9.59. The predicted molar refractivity (Wildman–Crippen MR) is 138 cm³/mol. The first-order valence-corrected chi connectivity index (χ1v) is 11.9. The third-order valence-electron chi connectivity index (χ3n) is 5.54. The third-order valence-corrected chi connectivity index (χ3v) is 5.88. The van der Waals surface area contributed by atoms with Gasteiger partial charge in [0, 0.05) is 40.5 Å². The summed E-state index contributed by atoms with van der Waals surface area (Å²) in [6, 6.07) is 10.3. The highest BCUT2D eigenvalue weighted by molar-refractivity contribution is 6.31. The minimum atomic E-state index is -0.748. The van der Waals surface area contributed by atoms with Crippen LogP contribution in [0, 0.1) is 18.6 Å². The van der Waals surface area contributed by atoms with Crippen LogP contribution in [0.4, 0.5) is 19.3 Å². The molecule has 0 fully saturated rings. The van der Waals surface area contributed by atoms with E-state index in [1.165, 1.54) is 10.6 Å². The minimum Gasteiger partial charge on any atom is -0.487 e. The quantitative estimate of drug-likeness (QED) is 0.297. The van der Waals surface area contributed by atoms with E-state index < -0.39 is 28.9 Å². The molecule has 10 heteroatoms. The van der Waals surface area contributed by atoms with E-state index in [1.807, 2.05) is 18.2 Å². The maximum Gasteiger partial charge on any atom is 0.412 e. The second kappa shape index (κ2) is 10.3. The number of aromatic nitrogens is 2. The van der Waals surface area contributed by atoms with Gasteiger partial charge in [-0.3, -0.25) is 10.1 Å². The van der Waals surface area contributed by atoms with E-state index in [0.29, 0.717) is 11.4 Å². The number of halogens is 3. The molecule has 4 rings (SSSR count). The number of benzene rings is 2.